The van der Waals surface area contributed by atoms with Gasteiger partial charge in [-0.05, 0) is 37.6 Å². The standard InChI is InChI=1S/C14H16N6O2/c1-9-5-11(4-3-10(9)6-15)19-12(21)14(2,22)7-16-13-17-8-18-20-13/h3-5,8,22H,7H2,1-2H3,(H,19,21)(H2,16,17,18,20)/t14-/m0/s1. The predicted molar refractivity (Wildman–Crippen MR) is 80.0 cm³/mol. The van der Waals surface area contributed by atoms with E-state index in [2.05, 4.69) is 31.9 Å². The summed E-state index contributed by atoms with van der Waals surface area (Å²) in [5.74, 6) is -0.203. The van der Waals surface area contributed by atoms with Crippen molar-refractivity contribution in [1.29, 1.82) is 5.26 Å². The second-order valence-electron chi connectivity index (χ2n) is 5.06. The highest BCUT2D eigenvalue weighted by molar-refractivity contribution is 5.97. The summed E-state index contributed by atoms with van der Waals surface area (Å²) >= 11 is 0. The van der Waals surface area contributed by atoms with E-state index in [0.29, 0.717) is 17.2 Å². The molecule has 0 aliphatic rings. The Balaban J connectivity index is 2.01. The van der Waals surface area contributed by atoms with E-state index in [1.807, 2.05) is 0 Å². The van der Waals surface area contributed by atoms with Crippen LogP contribution in [-0.2, 0) is 4.79 Å². The number of amides is 1. The van der Waals surface area contributed by atoms with Gasteiger partial charge >= 0.3 is 0 Å². The highest BCUT2D eigenvalue weighted by atomic mass is 16.3. The van der Waals surface area contributed by atoms with Crippen LogP contribution in [0.3, 0.4) is 0 Å². The van der Waals surface area contributed by atoms with Crippen LogP contribution in [0.15, 0.2) is 24.5 Å². The van der Waals surface area contributed by atoms with E-state index in [4.69, 9.17) is 5.26 Å². The predicted octanol–water partition coefficient (Wildman–Crippen LogP) is 0.786. The third-order valence-corrected chi connectivity index (χ3v) is 3.11. The number of nitrogens with zero attached hydrogens (tertiary/aromatic N) is 3. The Hall–Kier alpha value is -2.92. The molecule has 0 bridgehead atoms. The van der Waals surface area contributed by atoms with Crippen molar-refractivity contribution in [3.05, 3.63) is 35.7 Å². The van der Waals surface area contributed by atoms with Crippen LogP contribution >= 0.6 is 0 Å². The summed E-state index contributed by atoms with van der Waals surface area (Å²) in [6.07, 6.45) is 1.32. The van der Waals surface area contributed by atoms with Crippen LogP contribution < -0.4 is 10.6 Å². The minimum Gasteiger partial charge on any atom is -0.378 e. The molecule has 0 aliphatic carbocycles. The SMILES string of the molecule is Cc1cc(NC(=O)[C@@](C)(O)CNc2ncn[nH]2)ccc1C#N. The number of rotatable bonds is 5. The normalized spacial score (nSPS) is 13.0. The van der Waals surface area contributed by atoms with Crippen LogP contribution in [0.2, 0.25) is 0 Å². The fourth-order valence-electron chi connectivity index (χ4n) is 1.76. The number of aromatic nitrogens is 3. The zero-order valence-corrected chi connectivity index (χ0v) is 12.2. The molecular formula is C14H16N6O2. The highest BCUT2D eigenvalue weighted by Crippen LogP contribution is 2.16. The van der Waals surface area contributed by atoms with Gasteiger partial charge in [0.15, 0.2) is 5.60 Å². The van der Waals surface area contributed by atoms with Crippen molar-refractivity contribution in [2.24, 2.45) is 0 Å². The van der Waals surface area contributed by atoms with Gasteiger partial charge in [-0.25, -0.2) is 10.1 Å². The number of nitriles is 1. The van der Waals surface area contributed by atoms with Gasteiger partial charge in [-0.3, -0.25) is 4.79 Å². The van der Waals surface area contributed by atoms with E-state index in [0.717, 1.165) is 5.56 Å². The minimum absolute atomic E-state index is 0.0384. The van der Waals surface area contributed by atoms with Gasteiger partial charge in [-0.2, -0.15) is 10.4 Å². The molecule has 1 aromatic heterocycles. The minimum atomic E-state index is -1.64. The number of nitrogens with one attached hydrogen (secondary N) is 3. The van der Waals surface area contributed by atoms with Gasteiger partial charge in [0.1, 0.15) is 6.33 Å². The Bertz CT molecular complexity index is 703. The zero-order valence-electron chi connectivity index (χ0n) is 12.2. The van der Waals surface area contributed by atoms with E-state index in [9.17, 15) is 9.90 Å². The van der Waals surface area contributed by atoms with Crippen molar-refractivity contribution in [3.8, 4) is 6.07 Å². The van der Waals surface area contributed by atoms with Crippen molar-refractivity contribution in [3.63, 3.8) is 0 Å². The molecule has 0 saturated heterocycles. The molecule has 22 heavy (non-hydrogen) atoms. The van der Waals surface area contributed by atoms with Crippen LogP contribution in [0.4, 0.5) is 11.6 Å². The maximum Gasteiger partial charge on any atom is 0.257 e. The second kappa shape index (κ2) is 6.24. The average Bonchev–Trinajstić information content (AvgIpc) is 2.99. The van der Waals surface area contributed by atoms with Crippen LogP contribution in [0.1, 0.15) is 18.1 Å². The van der Waals surface area contributed by atoms with Crippen molar-refractivity contribution < 1.29 is 9.90 Å². The molecule has 1 heterocycles. The molecule has 2 aromatic rings. The van der Waals surface area contributed by atoms with Gasteiger partial charge in [-0.15, -0.1) is 0 Å². The molecule has 4 N–H and O–H groups in total. The van der Waals surface area contributed by atoms with Crippen LogP contribution in [0.25, 0.3) is 0 Å². The molecule has 0 spiro atoms. The lowest BCUT2D eigenvalue weighted by Crippen LogP contribution is -2.45. The first-order chi connectivity index (χ1) is 10.4. The number of hydrogen-bond donors (Lipinski definition) is 4. The Morgan fingerprint density at radius 3 is 2.91 bits per heavy atom. The molecule has 0 fully saturated rings. The molecule has 0 unspecified atom stereocenters. The summed E-state index contributed by atoms with van der Waals surface area (Å²) in [6, 6.07) is 6.96. The summed E-state index contributed by atoms with van der Waals surface area (Å²) in [6.45, 7) is 3.13. The lowest BCUT2D eigenvalue weighted by Gasteiger charge is -2.22. The summed E-state index contributed by atoms with van der Waals surface area (Å²) in [7, 11) is 0. The van der Waals surface area contributed by atoms with Crippen molar-refractivity contribution >= 4 is 17.5 Å². The Morgan fingerprint density at radius 1 is 1.55 bits per heavy atom. The van der Waals surface area contributed by atoms with Crippen molar-refractivity contribution in [1.82, 2.24) is 15.2 Å². The molecule has 2 rings (SSSR count). The van der Waals surface area contributed by atoms with Gasteiger partial charge in [0.2, 0.25) is 5.95 Å². The second-order valence-corrected chi connectivity index (χ2v) is 5.06. The van der Waals surface area contributed by atoms with Gasteiger partial charge in [0, 0.05) is 5.69 Å². The van der Waals surface area contributed by atoms with E-state index in [-0.39, 0.29) is 6.54 Å². The number of aromatic amines is 1. The first-order valence-corrected chi connectivity index (χ1v) is 6.56. The zero-order chi connectivity index (χ0) is 16.2. The molecule has 1 amide bonds. The number of hydrogen-bond acceptors (Lipinski definition) is 6. The quantitative estimate of drug-likeness (QED) is 0.646. The lowest BCUT2D eigenvalue weighted by atomic mass is 10.1. The monoisotopic (exact) mass is 300 g/mol. The summed E-state index contributed by atoms with van der Waals surface area (Å²) in [5.41, 5.74) is 0.159. The smallest absolute Gasteiger partial charge is 0.257 e. The van der Waals surface area contributed by atoms with Crippen LogP contribution in [-0.4, -0.2) is 38.3 Å². The number of aliphatic hydroxyl groups is 1. The van der Waals surface area contributed by atoms with Gasteiger partial charge < -0.3 is 15.7 Å². The lowest BCUT2D eigenvalue weighted by molar-refractivity contribution is -0.131. The number of carbonyl (C=O) groups is 1. The molecule has 0 aliphatic heterocycles. The van der Waals surface area contributed by atoms with E-state index in [1.54, 1.807) is 25.1 Å². The molecule has 114 valence electrons. The van der Waals surface area contributed by atoms with Crippen molar-refractivity contribution in [2.45, 2.75) is 19.4 Å². The number of carbonyl (C=O) groups excluding carboxylic acids is 1. The summed E-state index contributed by atoms with van der Waals surface area (Å²) in [4.78, 5) is 16.0. The third-order valence-electron chi connectivity index (χ3n) is 3.11. The Morgan fingerprint density at radius 2 is 2.32 bits per heavy atom. The molecule has 8 heteroatoms. The Kier molecular flexibility index (Phi) is 4.39. The maximum absolute atomic E-state index is 12.1. The van der Waals surface area contributed by atoms with Gasteiger partial charge in [0.25, 0.3) is 5.91 Å². The Labute approximate surface area is 127 Å². The molecule has 8 nitrogen and oxygen atoms in total. The van der Waals surface area contributed by atoms with E-state index >= 15 is 0 Å². The topological polar surface area (TPSA) is 127 Å². The largest absolute Gasteiger partial charge is 0.378 e. The van der Waals surface area contributed by atoms with E-state index in [1.165, 1.54) is 13.3 Å². The van der Waals surface area contributed by atoms with E-state index < -0.39 is 11.5 Å². The molecular weight excluding hydrogens is 284 g/mol. The first-order valence-electron chi connectivity index (χ1n) is 6.56. The molecule has 0 radical (unpaired) electrons. The number of H-pyrrole nitrogens is 1. The fraction of sp³-hybridized carbons (Fsp3) is 0.286. The number of aryl methyl sites for hydroxylation is 1. The highest BCUT2D eigenvalue weighted by Gasteiger charge is 2.30. The third kappa shape index (κ3) is 3.59. The summed E-state index contributed by atoms with van der Waals surface area (Å²) in [5, 5.41) is 30.7. The first kappa shape index (κ1) is 15.5. The van der Waals surface area contributed by atoms with Crippen LogP contribution in [0.5, 0.6) is 0 Å². The molecule has 1 atom stereocenters. The number of anilines is 2. The maximum atomic E-state index is 12.1. The van der Waals surface area contributed by atoms with Crippen molar-refractivity contribution in [2.75, 3.05) is 17.2 Å². The van der Waals surface area contributed by atoms with Gasteiger partial charge in [-0.1, -0.05) is 0 Å². The average molecular weight is 300 g/mol. The number of benzene rings is 1. The van der Waals surface area contributed by atoms with Gasteiger partial charge in [0.05, 0.1) is 18.2 Å². The summed E-state index contributed by atoms with van der Waals surface area (Å²) < 4.78 is 0. The molecule has 0 saturated carbocycles. The molecule has 1 aromatic carbocycles. The fourth-order valence-corrected chi connectivity index (χ4v) is 1.76. The van der Waals surface area contributed by atoms with Crippen LogP contribution in [0, 0.1) is 18.3 Å².